The Bertz CT molecular complexity index is 585. The van der Waals surface area contributed by atoms with Gasteiger partial charge >= 0.3 is 0 Å². The van der Waals surface area contributed by atoms with Crippen LogP contribution >= 0.6 is 0 Å². The fourth-order valence-corrected chi connectivity index (χ4v) is 2.64. The van der Waals surface area contributed by atoms with Crippen LogP contribution in [-0.4, -0.2) is 58.0 Å². The molecule has 0 saturated carbocycles. The second kappa shape index (κ2) is 11.5. The average molecular weight is 363 g/mol. The molecule has 2 amide bonds. The predicted molar refractivity (Wildman–Crippen MR) is 109 cm³/mol. The van der Waals surface area contributed by atoms with Gasteiger partial charge in [0.05, 0.1) is 5.56 Å². The molecule has 1 rings (SSSR count). The average Bonchev–Trinajstić information content (AvgIpc) is 2.58. The summed E-state index contributed by atoms with van der Waals surface area (Å²) in [4.78, 5) is 28.6. The van der Waals surface area contributed by atoms with Crippen LogP contribution < -0.4 is 15.5 Å². The normalized spacial score (nSPS) is 10.7. The van der Waals surface area contributed by atoms with Crippen molar-refractivity contribution in [2.75, 3.05) is 51.5 Å². The maximum absolute atomic E-state index is 12.6. The largest absolute Gasteiger partial charge is 0.377 e. The van der Waals surface area contributed by atoms with Gasteiger partial charge < -0.3 is 20.4 Å². The minimum atomic E-state index is -0.116. The molecule has 26 heavy (non-hydrogen) atoms. The molecule has 0 heterocycles. The van der Waals surface area contributed by atoms with Gasteiger partial charge in [0, 0.05) is 38.4 Å². The monoisotopic (exact) mass is 362 g/mol. The molecule has 1 aromatic rings. The van der Waals surface area contributed by atoms with Gasteiger partial charge in [0.2, 0.25) is 5.91 Å². The van der Waals surface area contributed by atoms with E-state index in [2.05, 4.69) is 22.5 Å². The number of nitrogens with one attached hydrogen (secondary N) is 2. The van der Waals surface area contributed by atoms with Gasteiger partial charge in [-0.15, -0.1) is 0 Å². The molecule has 0 aliphatic rings. The third-order valence-electron chi connectivity index (χ3n) is 4.08. The van der Waals surface area contributed by atoms with Crippen molar-refractivity contribution in [3.63, 3.8) is 0 Å². The molecule has 6 heteroatoms. The quantitative estimate of drug-likeness (QED) is 0.594. The summed E-state index contributed by atoms with van der Waals surface area (Å²) in [5.74, 6) is -0.122. The van der Waals surface area contributed by atoms with E-state index in [1.54, 1.807) is 6.07 Å². The highest BCUT2D eigenvalue weighted by molar-refractivity contribution is 6.02. The number of nitrogens with zero attached hydrogens (tertiary/aromatic N) is 2. The van der Waals surface area contributed by atoms with Crippen LogP contribution in [0, 0.1) is 0 Å². The van der Waals surface area contributed by atoms with Crippen LogP contribution in [0.1, 0.15) is 49.4 Å². The number of hydrogen-bond donors (Lipinski definition) is 2. The van der Waals surface area contributed by atoms with Crippen molar-refractivity contribution >= 4 is 23.2 Å². The van der Waals surface area contributed by atoms with E-state index in [0.717, 1.165) is 37.9 Å². The van der Waals surface area contributed by atoms with Crippen LogP contribution in [0.5, 0.6) is 0 Å². The smallest absolute Gasteiger partial charge is 0.253 e. The van der Waals surface area contributed by atoms with Crippen molar-refractivity contribution in [1.82, 2.24) is 10.2 Å². The fraction of sp³-hybridized carbons (Fsp3) is 0.600. The Morgan fingerprint density at radius 3 is 2.38 bits per heavy atom. The first kappa shape index (κ1) is 22.0. The van der Waals surface area contributed by atoms with Crippen molar-refractivity contribution in [3.05, 3.63) is 23.8 Å². The summed E-state index contributed by atoms with van der Waals surface area (Å²) in [5.41, 5.74) is 2.07. The van der Waals surface area contributed by atoms with E-state index < -0.39 is 0 Å². The van der Waals surface area contributed by atoms with Gasteiger partial charge in [-0.1, -0.05) is 19.8 Å². The minimum Gasteiger partial charge on any atom is -0.377 e. The van der Waals surface area contributed by atoms with E-state index in [0.29, 0.717) is 24.2 Å². The summed E-state index contributed by atoms with van der Waals surface area (Å²) in [6.45, 7) is 3.66. The van der Waals surface area contributed by atoms with E-state index in [-0.39, 0.29) is 11.8 Å². The molecule has 0 fully saturated rings. The van der Waals surface area contributed by atoms with Crippen molar-refractivity contribution in [2.24, 2.45) is 0 Å². The number of unbranched alkanes of at least 4 members (excludes halogenated alkanes) is 2. The third-order valence-corrected chi connectivity index (χ3v) is 4.08. The second-order valence-electron chi connectivity index (χ2n) is 7.04. The topological polar surface area (TPSA) is 64.7 Å². The molecule has 0 unspecified atom stereocenters. The van der Waals surface area contributed by atoms with Gasteiger partial charge in [-0.2, -0.15) is 0 Å². The summed E-state index contributed by atoms with van der Waals surface area (Å²) < 4.78 is 0. The zero-order valence-corrected chi connectivity index (χ0v) is 16.9. The van der Waals surface area contributed by atoms with Crippen molar-refractivity contribution in [3.8, 4) is 0 Å². The van der Waals surface area contributed by atoms with Crippen molar-refractivity contribution < 1.29 is 9.59 Å². The van der Waals surface area contributed by atoms with Crippen LogP contribution in [-0.2, 0) is 4.79 Å². The number of hydrogen-bond acceptors (Lipinski definition) is 4. The third kappa shape index (κ3) is 7.87. The first-order valence-electron chi connectivity index (χ1n) is 9.39. The standard InChI is InChI=1S/C20H34N4O2/c1-6-7-8-10-19(25)22-16-11-12-18(24(4)5)17(15-16)20(26)21-13-9-14-23(2)3/h11-12,15H,6-10,13-14H2,1-5H3,(H,21,26)(H,22,25). The highest BCUT2D eigenvalue weighted by Crippen LogP contribution is 2.23. The Morgan fingerprint density at radius 1 is 1.04 bits per heavy atom. The van der Waals surface area contributed by atoms with Gasteiger partial charge in [0.15, 0.2) is 0 Å². The lowest BCUT2D eigenvalue weighted by Crippen LogP contribution is -2.28. The second-order valence-corrected chi connectivity index (χ2v) is 7.04. The Kier molecular flexibility index (Phi) is 9.73. The Labute approximate surface area is 157 Å². The van der Waals surface area contributed by atoms with E-state index in [1.165, 1.54) is 0 Å². The van der Waals surface area contributed by atoms with Crippen LogP contribution in [0.4, 0.5) is 11.4 Å². The number of carbonyl (C=O) groups excluding carboxylic acids is 2. The van der Waals surface area contributed by atoms with Gasteiger partial charge in [0.1, 0.15) is 0 Å². The molecule has 0 aliphatic heterocycles. The molecular formula is C20H34N4O2. The first-order chi connectivity index (χ1) is 12.3. The summed E-state index contributed by atoms with van der Waals surface area (Å²) in [5, 5.41) is 5.87. The SMILES string of the molecule is CCCCCC(=O)Nc1ccc(N(C)C)c(C(=O)NCCCN(C)C)c1. The fourth-order valence-electron chi connectivity index (χ4n) is 2.64. The predicted octanol–water partition coefficient (Wildman–Crippen LogP) is 2.95. The van der Waals surface area contributed by atoms with Gasteiger partial charge in [0.25, 0.3) is 5.91 Å². The van der Waals surface area contributed by atoms with Crippen LogP contribution in [0.3, 0.4) is 0 Å². The zero-order valence-electron chi connectivity index (χ0n) is 16.9. The number of rotatable bonds is 11. The molecule has 146 valence electrons. The highest BCUT2D eigenvalue weighted by Gasteiger charge is 2.14. The van der Waals surface area contributed by atoms with E-state index in [9.17, 15) is 9.59 Å². The lowest BCUT2D eigenvalue weighted by Gasteiger charge is -2.19. The Morgan fingerprint density at radius 2 is 1.77 bits per heavy atom. The molecule has 0 aromatic heterocycles. The molecule has 0 spiro atoms. The van der Waals surface area contributed by atoms with Crippen LogP contribution in [0.15, 0.2) is 18.2 Å². The molecule has 6 nitrogen and oxygen atoms in total. The molecule has 0 saturated heterocycles. The number of amides is 2. The minimum absolute atomic E-state index is 0.00612. The summed E-state index contributed by atoms with van der Waals surface area (Å²) in [6.07, 6.45) is 4.42. The highest BCUT2D eigenvalue weighted by atomic mass is 16.2. The lowest BCUT2D eigenvalue weighted by atomic mass is 10.1. The molecule has 2 N–H and O–H groups in total. The van der Waals surface area contributed by atoms with Crippen LogP contribution in [0.25, 0.3) is 0 Å². The number of anilines is 2. The number of carbonyl (C=O) groups is 2. The molecule has 0 radical (unpaired) electrons. The zero-order chi connectivity index (χ0) is 19.5. The summed E-state index contributed by atoms with van der Waals surface area (Å²) >= 11 is 0. The molecule has 0 atom stereocenters. The van der Waals surface area contributed by atoms with Crippen LogP contribution in [0.2, 0.25) is 0 Å². The van der Waals surface area contributed by atoms with Gasteiger partial charge in [-0.3, -0.25) is 9.59 Å². The van der Waals surface area contributed by atoms with E-state index in [4.69, 9.17) is 0 Å². The van der Waals surface area contributed by atoms with Crippen molar-refractivity contribution in [2.45, 2.75) is 39.0 Å². The van der Waals surface area contributed by atoms with Crippen molar-refractivity contribution in [1.29, 1.82) is 0 Å². The molecule has 0 aliphatic carbocycles. The van der Waals surface area contributed by atoms with Gasteiger partial charge in [-0.05, 0) is 51.7 Å². The Balaban J connectivity index is 2.77. The first-order valence-corrected chi connectivity index (χ1v) is 9.39. The van der Waals surface area contributed by atoms with E-state index >= 15 is 0 Å². The number of benzene rings is 1. The molecule has 1 aromatic carbocycles. The lowest BCUT2D eigenvalue weighted by molar-refractivity contribution is -0.116. The summed E-state index contributed by atoms with van der Waals surface area (Å²) in [7, 11) is 7.83. The maximum Gasteiger partial charge on any atom is 0.253 e. The maximum atomic E-state index is 12.6. The molecular weight excluding hydrogens is 328 g/mol. The summed E-state index contributed by atoms with van der Waals surface area (Å²) in [6, 6.07) is 5.47. The van der Waals surface area contributed by atoms with Gasteiger partial charge in [-0.25, -0.2) is 0 Å². The Hall–Kier alpha value is -2.08. The molecule has 0 bridgehead atoms. The van der Waals surface area contributed by atoms with E-state index in [1.807, 2.05) is 45.2 Å².